The van der Waals surface area contributed by atoms with E-state index in [9.17, 15) is 0 Å². The molecule has 0 bridgehead atoms. The predicted molar refractivity (Wildman–Crippen MR) is 79.1 cm³/mol. The summed E-state index contributed by atoms with van der Waals surface area (Å²) in [5, 5.41) is 0. The van der Waals surface area contributed by atoms with E-state index >= 15 is 0 Å². The molecule has 0 aromatic rings. The van der Waals surface area contributed by atoms with Crippen LogP contribution in [0, 0.1) is 0 Å². The Morgan fingerprint density at radius 1 is 0.448 bits per heavy atom. The molecule has 0 saturated carbocycles. The molecule has 3 N–H and O–H groups in total. The van der Waals surface area contributed by atoms with Gasteiger partial charge in [0.15, 0.2) is 0 Å². The molecular weight excluding hydrogens is 1040 g/mol. The summed E-state index contributed by atoms with van der Waals surface area (Å²) in [6.07, 6.45) is 0. The number of hydrogen-bond acceptors (Lipinski definition) is 15. The van der Waals surface area contributed by atoms with E-state index in [1.807, 2.05) is 0 Å². The van der Waals surface area contributed by atoms with E-state index in [-0.39, 0.29) is 85.3 Å². The molecule has 0 aliphatic heterocycles. The quantitative estimate of drug-likeness (QED) is 0.150. The van der Waals surface area contributed by atoms with Gasteiger partial charge >= 0.3 is 123 Å². The second-order valence-electron chi connectivity index (χ2n) is 1.63. The van der Waals surface area contributed by atoms with Crippen LogP contribution in [0.15, 0.2) is 0 Å². The minimum absolute atomic E-state index is 0. The molecule has 0 heterocycles. The Balaban J connectivity index is -0.0000000146. The van der Waals surface area contributed by atoms with Crippen LogP contribution < -0.4 is 29.4 Å². The molecule has 0 aliphatic carbocycles. The Morgan fingerprint density at radius 3 is 0.448 bits per heavy atom. The summed E-state index contributed by atoms with van der Waals surface area (Å²) in [6, 6.07) is 0. The van der Waals surface area contributed by atoms with Gasteiger partial charge in [0.25, 0.3) is 0 Å². The second kappa shape index (κ2) is 48.7. The summed E-state index contributed by atoms with van der Waals surface area (Å²) in [4.78, 5) is 72.9. The van der Waals surface area contributed by atoms with Gasteiger partial charge in [-0.15, -0.1) is 0 Å². The zero-order valence-corrected chi connectivity index (χ0v) is 24.9. The summed E-state index contributed by atoms with van der Waals surface area (Å²) in [5.74, 6) is 0. The van der Waals surface area contributed by atoms with Gasteiger partial charge in [-0.25, -0.2) is 0 Å². The number of rotatable bonds is 0. The number of hydrogen-bond donors (Lipinski definition) is 3. The molecule has 0 aliphatic rings. The maximum absolute atomic E-state index is 8.66. The van der Waals surface area contributed by atoms with Crippen LogP contribution in [0.3, 0.4) is 0 Å². The molecule has 0 amide bonds. The molecule has 0 aromatic heterocycles. The monoisotopic (exact) mass is 1050 g/mol. The SMILES string of the molecule is O=P([O-])([O-])O.O=P([O-])([O-])O.O=P([O-])([O-])O.[Bi+3].[Bi+3].[O]=[V]=[O].[O]=[V]=[O].[O]=[V]=[O].[SiH4].[SiH4].[SiH4]. The summed E-state index contributed by atoms with van der Waals surface area (Å²) in [7, 11) is -15.4. The third-order valence-electron chi connectivity index (χ3n) is 0. The van der Waals surface area contributed by atoms with Crippen LogP contribution >= 0.6 is 23.5 Å². The smallest absolute Gasteiger partial charge is 0.0149 e. The van der Waals surface area contributed by atoms with Crippen LogP contribution in [0.25, 0.3) is 0 Å². The zero-order chi connectivity index (χ0) is 21.6. The van der Waals surface area contributed by atoms with Crippen molar-refractivity contribution in [3.05, 3.63) is 0 Å². The van der Waals surface area contributed by atoms with Gasteiger partial charge in [0.2, 0.25) is 0 Å². The van der Waals surface area contributed by atoms with Crippen molar-refractivity contribution in [2.45, 2.75) is 0 Å². The molecule has 0 rings (SSSR count). The van der Waals surface area contributed by atoms with Crippen LogP contribution in [0.5, 0.6) is 0 Å². The fourth-order valence-electron chi connectivity index (χ4n) is 0. The van der Waals surface area contributed by atoms with E-state index in [0.29, 0.717) is 0 Å². The predicted octanol–water partition coefficient (Wildman–Crippen LogP) is -12.4. The molecule has 0 unspecified atom stereocenters. The maximum Gasteiger partial charge on any atom is -0.0149 e. The van der Waals surface area contributed by atoms with Gasteiger partial charge in [0.1, 0.15) is 0 Å². The molecule has 18 nitrogen and oxygen atoms in total. The number of phosphoric acid groups is 3. The van der Waals surface area contributed by atoms with E-state index in [0.717, 1.165) is 0 Å². The van der Waals surface area contributed by atoms with Crippen LogP contribution in [0.1, 0.15) is 0 Å². The maximum atomic E-state index is 8.66. The molecule has 0 atom stereocenters. The Morgan fingerprint density at radius 2 is 0.448 bits per heavy atom. The van der Waals surface area contributed by atoms with Gasteiger partial charge < -0.3 is 57.7 Å². The minimum Gasteiger partial charge on any atom is -0.0149 e. The van der Waals surface area contributed by atoms with Crippen LogP contribution in [0.4, 0.5) is 0 Å². The van der Waals surface area contributed by atoms with Gasteiger partial charge in [-0.1, -0.05) is 0 Å². The van der Waals surface area contributed by atoms with Gasteiger partial charge in [0.05, 0.1) is 23.5 Å². The average molecular weight is 1050 g/mol. The van der Waals surface area contributed by atoms with Crippen LogP contribution in [0.2, 0.25) is 0 Å². The second-order valence-corrected chi connectivity index (χ2v) is 5.14. The molecule has 0 aromatic carbocycles. The molecule has 175 valence electrons. The Labute approximate surface area is 234 Å². The summed E-state index contributed by atoms with van der Waals surface area (Å²) in [6.45, 7) is 0. The van der Waals surface area contributed by atoms with Gasteiger partial charge in [-0.2, -0.15) is 0 Å². The summed E-state index contributed by atoms with van der Waals surface area (Å²) in [5.41, 5.74) is 0. The van der Waals surface area contributed by atoms with Crippen molar-refractivity contribution in [3.8, 4) is 0 Å². The van der Waals surface area contributed by atoms with Crippen LogP contribution in [-0.2, 0) is 84.3 Å². The summed E-state index contributed by atoms with van der Waals surface area (Å²) >= 11 is -5.44. The van der Waals surface area contributed by atoms with Gasteiger partial charge in [-0.05, 0) is 32.9 Å². The van der Waals surface area contributed by atoms with Crippen molar-refractivity contribution in [1.29, 1.82) is 0 Å². The van der Waals surface area contributed by atoms with Crippen molar-refractivity contribution in [1.82, 2.24) is 0 Å². The molecular formula is H15Bi2O18P3Si3V3. The molecule has 0 spiro atoms. The minimum atomic E-state index is -5.14. The van der Waals surface area contributed by atoms with Gasteiger partial charge in [0, 0.05) is 0 Å². The summed E-state index contributed by atoms with van der Waals surface area (Å²) < 4.78 is 76.8. The van der Waals surface area contributed by atoms with E-state index in [4.69, 9.17) is 79.8 Å². The van der Waals surface area contributed by atoms with Crippen molar-refractivity contribution in [3.63, 3.8) is 0 Å². The third kappa shape index (κ3) is 2470. The largest absolute Gasteiger partial charge is 0.0149 e. The van der Waals surface area contributed by atoms with Crippen molar-refractivity contribution < 1.29 is 128 Å². The first-order valence-electron chi connectivity index (χ1n) is 3.34. The van der Waals surface area contributed by atoms with Crippen LogP contribution in [-0.4, -0.2) is 100.0 Å². The molecule has 0 fully saturated rings. The fraction of sp³-hybridized carbons (Fsp3) is 0. The van der Waals surface area contributed by atoms with Crippen molar-refractivity contribution in [2.75, 3.05) is 0 Å². The molecule has 0 saturated heterocycles. The topological polar surface area (TPSA) is 353 Å². The normalized spacial score (nSPS) is 6.93. The fourth-order valence-corrected chi connectivity index (χ4v) is 0. The van der Waals surface area contributed by atoms with Gasteiger partial charge in [-0.3, -0.25) is 0 Å². The average Bonchev–Trinajstić information content (AvgIpc) is 2.10. The van der Waals surface area contributed by atoms with E-state index in [2.05, 4.69) is 0 Å². The Hall–Kier alpha value is 3.30. The molecule has 29 heteroatoms. The third-order valence-corrected chi connectivity index (χ3v) is 0. The van der Waals surface area contributed by atoms with E-state index in [1.165, 1.54) is 0 Å². The molecule has 4 radical (unpaired) electrons. The standard InChI is InChI=1S/2Bi.3H3O4P.6O.3H4Si.3V/c;;3*1-5(2,3)4;;;;;;;;;;;;/h;;3*(H3,1,2,3,4);;;;;;;3*1H4;;;/q2*+3;;;;;;;;;;;;;;;/p-6. The Bertz CT molecular complexity index is 419. The first kappa shape index (κ1) is 69.7. The van der Waals surface area contributed by atoms with Crippen molar-refractivity contribution in [2.24, 2.45) is 0 Å². The van der Waals surface area contributed by atoms with Crippen molar-refractivity contribution >= 4 is 109 Å². The van der Waals surface area contributed by atoms with E-state index < -0.39 is 72.0 Å². The first-order valence-corrected chi connectivity index (χ1v) is 11.2. The Kier molecular flexibility index (Phi) is 117. The van der Waals surface area contributed by atoms with E-state index in [1.54, 1.807) is 0 Å². The first-order chi connectivity index (χ1) is 10.2. The molecule has 29 heavy (non-hydrogen) atoms. The zero-order valence-electron chi connectivity index (χ0n) is 11.0.